The SMILES string of the molecule is O=C(Nc1ccc(-n2ccnc2)nc1)c1cscn1. The lowest BCUT2D eigenvalue weighted by Gasteiger charge is -2.04. The van der Waals surface area contributed by atoms with Crippen molar-refractivity contribution in [1.82, 2.24) is 19.5 Å². The average Bonchev–Trinajstić information content (AvgIpc) is 3.13. The molecule has 6 nitrogen and oxygen atoms in total. The Hall–Kier alpha value is -2.54. The lowest BCUT2D eigenvalue weighted by Crippen LogP contribution is -2.12. The molecule has 0 saturated carbocycles. The van der Waals surface area contributed by atoms with Crippen LogP contribution in [0.4, 0.5) is 5.69 Å². The van der Waals surface area contributed by atoms with Crippen molar-refractivity contribution in [2.75, 3.05) is 5.32 Å². The summed E-state index contributed by atoms with van der Waals surface area (Å²) in [7, 11) is 0. The Bertz CT molecular complexity index is 661. The third kappa shape index (κ3) is 2.50. The summed E-state index contributed by atoms with van der Waals surface area (Å²) in [5, 5.41) is 4.43. The first-order valence-corrected chi connectivity index (χ1v) is 6.41. The van der Waals surface area contributed by atoms with E-state index in [2.05, 4.69) is 20.3 Å². The highest BCUT2D eigenvalue weighted by atomic mass is 32.1. The van der Waals surface area contributed by atoms with Gasteiger partial charge in [-0.3, -0.25) is 9.36 Å². The number of rotatable bonds is 3. The third-order valence-corrected chi connectivity index (χ3v) is 3.03. The van der Waals surface area contributed by atoms with Crippen molar-refractivity contribution in [3.63, 3.8) is 0 Å². The molecule has 0 unspecified atom stereocenters. The second kappa shape index (κ2) is 4.99. The van der Waals surface area contributed by atoms with Crippen molar-refractivity contribution in [3.8, 4) is 5.82 Å². The molecular weight excluding hydrogens is 262 g/mol. The second-order valence-electron chi connectivity index (χ2n) is 3.70. The first-order valence-electron chi connectivity index (χ1n) is 5.47. The molecule has 3 rings (SSSR count). The monoisotopic (exact) mass is 271 g/mol. The molecule has 94 valence electrons. The molecule has 1 N–H and O–H groups in total. The smallest absolute Gasteiger partial charge is 0.275 e. The maximum Gasteiger partial charge on any atom is 0.275 e. The average molecular weight is 271 g/mol. The van der Waals surface area contributed by atoms with Crippen molar-refractivity contribution in [1.29, 1.82) is 0 Å². The minimum atomic E-state index is -0.238. The second-order valence-corrected chi connectivity index (χ2v) is 4.42. The maximum atomic E-state index is 11.8. The van der Waals surface area contributed by atoms with Crippen LogP contribution in [0.2, 0.25) is 0 Å². The van der Waals surface area contributed by atoms with Crippen LogP contribution in [0.1, 0.15) is 10.5 Å². The number of carbonyl (C=O) groups excluding carboxylic acids is 1. The van der Waals surface area contributed by atoms with Crippen LogP contribution < -0.4 is 5.32 Å². The topological polar surface area (TPSA) is 72.7 Å². The number of amides is 1. The largest absolute Gasteiger partial charge is 0.319 e. The molecule has 3 heterocycles. The molecule has 0 radical (unpaired) electrons. The van der Waals surface area contributed by atoms with Crippen LogP contribution in [-0.4, -0.2) is 25.4 Å². The van der Waals surface area contributed by atoms with E-state index < -0.39 is 0 Å². The van der Waals surface area contributed by atoms with E-state index in [0.717, 1.165) is 5.82 Å². The van der Waals surface area contributed by atoms with Crippen LogP contribution in [0.25, 0.3) is 5.82 Å². The molecular formula is C12H9N5OS. The summed E-state index contributed by atoms with van der Waals surface area (Å²) < 4.78 is 1.78. The Morgan fingerprint density at radius 1 is 1.32 bits per heavy atom. The number of thiazole rings is 1. The summed E-state index contributed by atoms with van der Waals surface area (Å²) in [6.07, 6.45) is 6.74. The van der Waals surface area contributed by atoms with Crippen LogP contribution >= 0.6 is 11.3 Å². The van der Waals surface area contributed by atoms with Gasteiger partial charge in [-0.25, -0.2) is 15.0 Å². The predicted molar refractivity (Wildman–Crippen MR) is 71.4 cm³/mol. The van der Waals surface area contributed by atoms with Gasteiger partial charge in [-0.15, -0.1) is 11.3 Å². The molecule has 0 bridgehead atoms. The predicted octanol–water partition coefficient (Wildman–Crippen LogP) is 1.98. The van der Waals surface area contributed by atoms with Gasteiger partial charge in [0.15, 0.2) is 0 Å². The number of carbonyl (C=O) groups is 1. The molecule has 0 aliphatic carbocycles. The van der Waals surface area contributed by atoms with Gasteiger partial charge in [-0.05, 0) is 12.1 Å². The molecule has 1 amide bonds. The van der Waals surface area contributed by atoms with Gasteiger partial charge in [-0.1, -0.05) is 0 Å². The zero-order valence-electron chi connectivity index (χ0n) is 9.72. The Kier molecular flexibility index (Phi) is 3.03. The van der Waals surface area contributed by atoms with Crippen molar-refractivity contribution in [2.45, 2.75) is 0 Å². The minimum Gasteiger partial charge on any atom is -0.319 e. The maximum absolute atomic E-state index is 11.8. The highest BCUT2D eigenvalue weighted by Crippen LogP contribution is 2.11. The molecule has 3 aromatic heterocycles. The van der Waals surface area contributed by atoms with Gasteiger partial charge in [0.25, 0.3) is 5.91 Å². The van der Waals surface area contributed by atoms with E-state index >= 15 is 0 Å². The summed E-state index contributed by atoms with van der Waals surface area (Å²) in [5.41, 5.74) is 2.65. The molecule has 0 fully saturated rings. The van der Waals surface area contributed by atoms with Crippen molar-refractivity contribution < 1.29 is 4.79 Å². The van der Waals surface area contributed by atoms with E-state index in [-0.39, 0.29) is 5.91 Å². The Morgan fingerprint density at radius 3 is 2.89 bits per heavy atom. The molecule has 7 heteroatoms. The number of imidazole rings is 1. The van der Waals surface area contributed by atoms with Gasteiger partial charge in [-0.2, -0.15) is 0 Å². The van der Waals surface area contributed by atoms with Gasteiger partial charge >= 0.3 is 0 Å². The van der Waals surface area contributed by atoms with Crippen LogP contribution in [0.5, 0.6) is 0 Å². The Labute approximate surface area is 112 Å². The first kappa shape index (κ1) is 11.5. The summed E-state index contributed by atoms with van der Waals surface area (Å²) in [4.78, 5) is 23.9. The highest BCUT2D eigenvalue weighted by molar-refractivity contribution is 7.07. The van der Waals surface area contributed by atoms with E-state index in [1.54, 1.807) is 52.5 Å². The lowest BCUT2D eigenvalue weighted by atomic mass is 10.3. The standard InChI is InChI=1S/C12H9N5OS/c18-12(10-6-19-8-15-10)16-9-1-2-11(14-5-9)17-4-3-13-7-17/h1-8H,(H,16,18). The molecule has 19 heavy (non-hydrogen) atoms. The van der Waals surface area contributed by atoms with E-state index in [4.69, 9.17) is 0 Å². The quantitative estimate of drug-likeness (QED) is 0.790. The normalized spacial score (nSPS) is 10.3. The number of aromatic nitrogens is 4. The summed E-state index contributed by atoms with van der Waals surface area (Å²) in [6.45, 7) is 0. The number of pyridine rings is 1. The first-order chi connectivity index (χ1) is 9.33. The van der Waals surface area contributed by atoms with Crippen molar-refractivity contribution in [2.24, 2.45) is 0 Å². The lowest BCUT2D eigenvalue weighted by molar-refractivity contribution is 0.102. The zero-order valence-corrected chi connectivity index (χ0v) is 10.5. The van der Waals surface area contributed by atoms with Crippen LogP contribution in [0.3, 0.4) is 0 Å². The van der Waals surface area contributed by atoms with Gasteiger partial charge in [0.1, 0.15) is 17.8 Å². The van der Waals surface area contributed by atoms with Crippen LogP contribution in [0.15, 0.2) is 47.9 Å². The number of nitrogens with one attached hydrogen (secondary N) is 1. The summed E-state index contributed by atoms with van der Waals surface area (Å²) in [6, 6.07) is 3.59. The fraction of sp³-hybridized carbons (Fsp3) is 0. The number of anilines is 1. The number of nitrogens with zero attached hydrogens (tertiary/aromatic N) is 4. The number of hydrogen-bond acceptors (Lipinski definition) is 5. The van der Waals surface area contributed by atoms with Crippen LogP contribution in [-0.2, 0) is 0 Å². The van der Waals surface area contributed by atoms with Gasteiger partial charge in [0.05, 0.1) is 17.4 Å². The van der Waals surface area contributed by atoms with Crippen LogP contribution in [0, 0.1) is 0 Å². The van der Waals surface area contributed by atoms with Gasteiger partial charge < -0.3 is 5.32 Å². The van der Waals surface area contributed by atoms with E-state index in [1.165, 1.54) is 11.3 Å². The third-order valence-electron chi connectivity index (χ3n) is 2.44. The molecule has 0 atom stereocenters. The summed E-state index contributed by atoms with van der Waals surface area (Å²) >= 11 is 1.38. The van der Waals surface area contributed by atoms with Crippen molar-refractivity contribution in [3.05, 3.63) is 53.6 Å². The molecule has 0 saturated heterocycles. The van der Waals surface area contributed by atoms with Gasteiger partial charge in [0, 0.05) is 17.8 Å². The number of hydrogen-bond donors (Lipinski definition) is 1. The summed E-state index contributed by atoms with van der Waals surface area (Å²) in [5.74, 6) is 0.502. The molecule has 0 aliphatic heterocycles. The van der Waals surface area contributed by atoms with Gasteiger partial charge in [0.2, 0.25) is 0 Å². The Balaban J connectivity index is 1.75. The molecule has 0 aromatic carbocycles. The molecule has 0 spiro atoms. The van der Waals surface area contributed by atoms with Crippen molar-refractivity contribution >= 4 is 22.9 Å². The fourth-order valence-corrected chi connectivity index (χ4v) is 2.06. The van der Waals surface area contributed by atoms with E-state index in [9.17, 15) is 4.79 Å². The highest BCUT2D eigenvalue weighted by Gasteiger charge is 2.08. The van der Waals surface area contributed by atoms with E-state index in [1.807, 2.05) is 0 Å². The Morgan fingerprint density at radius 2 is 2.26 bits per heavy atom. The molecule has 3 aromatic rings. The fourth-order valence-electron chi connectivity index (χ4n) is 1.53. The zero-order chi connectivity index (χ0) is 13.1. The molecule has 0 aliphatic rings. The minimum absolute atomic E-state index is 0.238. The van der Waals surface area contributed by atoms with E-state index in [0.29, 0.717) is 11.4 Å².